The molecule has 0 aliphatic carbocycles. The number of hydrogen-bond donors (Lipinski definition) is 1. The van der Waals surface area contributed by atoms with E-state index in [4.69, 9.17) is 5.11 Å². The topological polar surface area (TPSA) is 54.6 Å². The van der Waals surface area contributed by atoms with Crippen LogP contribution in [0.2, 0.25) is 0 Å². The van der Waals surface area contributed by atoms with E-state index in [0.29, 0.717) is 0 Å². The zero-order valence-corrected chi connectivity index (χ0v) is 8.42. The van der Waals surface area contributed by atoms with Gasteiger partial charge in [0.15, 0.2) is 0 Å². The molecule has 0 amide bonds. The monoisotopic (exact) mass is 204 g/mol. The summed E-state index contributed by atoms with van der Waals surface area (Å²) in [6.45, 7) is 1.91. The summed E-state index contributed by atoms with van der Waals surface area (Å²) in [5, 5.41) is 8.70. The number of fused-ring (bicyclic) bond motifs is 1. The molecule has 78 valence electrons. The van der Waals surface area contributed by atoms with Crippen LogP contribution >= 0.6 is 0 Å². The van der Waals surface area contributed by atoms with Crippen LogP contribution in [0.25, 0.3) is 5.52 Å². The molecule has 2 rings (SSSR count). The molecule has 4 nitrogen and oxygen atoms in total. The van der Waals surface area contributed by atoms with Crippen LogP contribution in [0.5, 0.6) is 0 Å². The molecule has 0 radical (unpaired) electrons. The minimum atomic E-state index is -0.768. The summed E-state index contributed by atoms with van der Waals surface area (Å²) in [5.74, 6) is -0.738. The van der Waals surface area contributed by atoms with Gasteiger partial charge in [-0.3, -0.25) is 4.79 Å². The Labute approximate surface area is 87.2 Å². The van der Waals surface area contributed by atoms with Crippen LogP contribution in [-0.2, 0) is 4.79 Å². The van der Waals surface area contributed by atoms with E-state index in [2.05, 4.69) is 4.98 Å². The first kappa shape index (κ1) is 9.71. The Hall–Kier alpha value is -1.84. The molecule has 2 aromatic rings. The number of aliphatic carboxylic acids is 1. The third-order valence-electron chi connectivity index (χ3n) is 2.49. The van der Waals surface area contributed by atoms with Gasteiger partial charge in [-0.25, -0.2) is 4.98 Å². The van der Waals surface area contributed by atoms with E-state index >= 15 is 0 Å². The Balaban J connectivity index is 2.30. The van der Waals surface area contributed by atoms with Crippen molar-refractivity contribution in [3.63, 3.8) is 0 Å². The van der Waals surface area contributed by atoms with E-state index < -0.39 is 5.97 Å². The van der Waals surface area contributed by atoms with Crippen molar-refractivity contribution in [3.8, 4) is 0 Å². The van der Waals surface area contributed by atoms with Gasteiger partial charge in [-0.1, -0.05) is 6.92 Å². The molecule has 0 aliphatic heterocycles. The third kappa shape index (κ3) is 1.98. The highest BCUT2D eigenvalue weighted by Gasteiger charge is 2.10. The number of carboxylic acid groups (broad SMARTS) is 1. The number of carbonyl (C=O) groups is 1. The summed E-state index contributed by atoms with van der Waals surface area (Å²) in [5.41, 5.74) is 2.02. The van der Waals surface area contributed by atoms with Gasteiger partial charge in [0.2, 0.25) is 0 Å². The van der Waals surface area contributed by atoms with Crippen molar-refractivity contribution < 1.29 is 9.90 Å². The highest BCUT2D eigenvalue weighted by molar-refractivity contribution is 5.68. The smallest absolute Gasteiger partial charge is 0.303 e. The second-order valence-corrected chi connectivity index (χ2v) is 3.68. The number of rotatable bonds is 3. The van der Waals surface area contributed by atoms with Crippen LogP contribution in [0.15, 0.2) is 30.9 Å². The average Bonchev–Trinajstić information content (AvgIpc) is 2.62. The Bertz CT molecular complexity index is 490. The van der Waals surface area contributed by atoms with Crippen molar-refractivity contribution in [2.24, 2.45) is 0 Å². The lowest BCUT2D eigenvalue weighted by Gasteiger charge is -2.09. The lowest BCUT2D eigenvalue weighted by Crippen LogP contribution is -2.03. The fraction of sp³-hybridized carbons (Fsp3) is 0.273. The lowest BCUT2D eigenvalue weighted by atomic mass is 9.99. The molecule has 2 heterocycles. The second-order valence-electron chi connectivity index (χ2n) is 3.68. The molecule has 15 heavy (non-hydrogen) atoms. The number of pyridine rings is 1. The number of carboxylic acids is 1. The fourth-order valence-corrected chi connectivity index (χ4v) is 1.62. The van der Waals surface area contributed by atoms with E-state index in [1.54, 1.807) is 12.5 Å². The van der Waals surface area contributed by atoms with Crippen LogP contribution in [0, 0.1) is 0 Å². The van der Waals surface area contributed by atoms with Gasteiger partial charge in [0.1, 0.15) is 0 Å². The number of imidazole rings is 1. The van der Waals surface area contributed by atoms with Crippen LogP contribution in [0.3, 0.4) is 0 Å². The SMILES string of the molecule is CC(CC(=O)O)c1ccn2cncc2c1. The summed E-state index contributed by atoms with van der Waals surface area (Å²) in [4.78, 5) is 14.6. The van der Waals surface area contributed by atoms with Gasteiger partial charge in [0.05, 0.1) is 24.5 Å². The lowest BCUT2D eigenvalue weighted by molar-refractivity contribution is -0.137. The molecule has 2 aromatic heterocycles. The van der Waals surface area contributed by atoms with E-state index in [0.717, 1.165) is 11.1 Å². The van der Waals surface area contributed by atoms with Crippen LogP contribution in [-0.4, -0.2) is 20.5 Å². The standard InChI is InChI=1S/C11H12N2O2/c1-8(4-11(14)15)9-2-3-13-7-12-6-10(13)5-9/h2-3,5-8H,4H2,1H3,(H,14,15). The maximum atomic E-state index is 10.6. The molecule has 0 aromatic carbocycles. The van der Waals surface area contributed by atoms with E-state index in [1.165, 1.54) is 0 Å². The minimum absolute atomic E-state index is 0.0300. The normalized spacial score (nSPS) is 12.9. The molecular weight excluding hydrogens is 192 g/mol. The molecule has 0 spiro atoms. The molecular formula is C11H12N2O2. The first-order valence-electron chi connectivity index (χ1n) is 4.80. The van der Waals surface area contributed by atoms with Crippen molar-refractivity contribution in [2.45, 2.75) is 19.3 Å². The van der Waals surface area contributed by atoms with Gasteiger partial charge in [0, 0.05) is 6.20 Å². The van der Waals surface area contributed by atoms with Gasteiger partial charge in [-0.15, -0.1) is 0 Å². The van der Waals surface area contributed by atoms with Gasteiger partial charge in [-0.2, -0.15) is 0 Å². The molecule has 4 heteroatoms. The Kier molecular flexibility index (Phi) is 2.41. The summed E-state index contributed by atoms with van der Waals surface area (Å²) in [6, 6.07) is 3.91. The fourth-order valence-electron chi connectivity index (χ4n) is 1.62. The van der Waals surface area contributed by atoms with Crippen molar-refractivity contribution in [3.05, 3.63) is 36.4 Å². The molecule has 0 saturated heterocycles. The first-order chi connectivity index (χ1) is 7.16. The van der Waals surface area contributed by atoms with Crippen molar-refractivity contribution in [1.82, 2.24) is 9.38 Å². The van der Waals surface area contributed by atoms with Gasteiger partial charge < -0.3 is 9.51 Å². The number of hydrogen-bond acceptors (Lipinski definition) is 2. The molecule has 1 N–H and O–H groups in total. The van der Waals surface area contributed by atoms with Gasteiger partial charge in [-0.05, 0) is 23.6 Å². The quantitative estimate of drug-likeness (QED) is 0.830. The molecule has 0 saturated carbocycles. The maximum absolute atomic E-state index is 10.6. The number of aromatic nitrogens is 2. The zero-order chi connectivity index (χ0) is 10.8. The molecule has 1 atom stereocenters. The third-order valence-corrected chi connectivity index (χ3v) is 2.49. The van der Waals surface area contributed by atoms with Crippen LogP contribution in [0.1, 0.15) is 24.8 Å². The van der Waals surface area contributed by atoms with Crippen molar-refractivity contribution in [1.29, 1.82) is 0 Å². The Morgan fingerprint density at radius 1 is 1.67 bits per heavy atom. The van der Waals surface area contributed by atoms with Crippen molar-refractivity contribution >= 4 is 11.5 Å². The molecule has 0 aliphatic rings. The molecule has 0 fully saturated rings. The Morgan fingerprint density at radius 2 is 2.47 bits per heavy atom. The highest BCUT2D eigenvalue weighted by atomic mass is 16.4. The second kappa shape index (κ2) is 3.73. The minimum Gasteiger partial charge on any atom is -0.481 e. The summed E-state index contributed by atoms with van der Waals surface area (Å²) >= 11 is 0. The van der Waals surface area contributed by atoms with Gasteiger partial charge in [0.25, 0.3) is 0 Å². The first-order valence-corrected chi connectivity index (χ1v) is 4.80. The largest absolute Gasteiger partial charge is 0.481 e. The maximum Gasteiger partial charge on any atom is 0.303 e. The van der Waals surface area contributed by atoms with E-state index in [9.17, 15) is 4.79 Å². The Morgan fingerprint density at radius 3 is 3.20 bits per heavy atom. The summed E-state index contributed by atoms with van der Waals surface area (Å²) < 4.78 is 1.90. The van der Waals surface area contributed by atoms with Crippen molar-refractivity contribution in [2.75, 3.05) is 0 Å². The predicted octanol–water partition coefficient (Wildman–Crippen LogP) is 1.91. The summed E-state index contributed by atoms with van der Waals surface area (Å²) in [6.07, 6.45) is 5.54. The molecule has 1 unspecified atom stereocenters. The number of nitrogens with zero attached hydrogens (tertiary/aromatic N) is 2. The molecule has 0 bridgehead atoms. The van der Waals surface area contributed by atoms with Gasteiger partial charge >= 0.3 is 5.97 Å². The average molecular weight is 204 g/mol. The predicted molar refractivity (Wildman–Crippen MR) is 55.9 cm³/mol. The highest BCUT2D eigenvalue weighted by Crippen LogP contribution is 2.20. The summed E-state index contributed by atoms with van der Waals surface area (Å²) in [7, 11) is 0. The van der Waals surface area contributed by atoms with Crippen LogP contribution in [0.4, 0.5) is 0 Å². The van der Waals surface area contributed by atoms with E-state index in [1.807, 2.05) is 29.7 Å². The van der Waals surface area contributed by atoms with Crippen LogP contribution < -0.4 is 0 Å². The zero-order valence-electron chi connectivity index (χ0n) is 8.42. The van der Waals surface area contributed by atoms with E-state index in [-0.39, 0.29) is 12.3 Å².